The van der Waals surface area contributed by atoms with Crippen molar-refractivity contribution in [3.05, 3.63) is 11.4 Å². The minimum absolute atomic E-state index is 0.542. The van der Waals surface area contributed by atoms with Gasteiger partial charge in [-0.1, -0.05) is 11.8 Å². The van der Waals surface area contributed by atoms with Gasteiger partial charge in [0.2, 0.25) is 0 Å². The van der Waals surface area contributed by atoms with Gasteiger partial charge in [0, 0.05) is 6.61 Å². The molecule has 6 heteroatoms. The number of thiophene rings is 1. The number of nitrogens with zero attached hydrogens (tertiary/aromatic N) is 2. The van der Waals surface area contributed by atoms with Gasteiger partial charge in [-0.05, 0) is 18.4 Å². The molecule has 0 radical (unpaired) electrons. The minimum Gasteiger partial charge on any atom is -0.383 e. The van der Waals surface area contributed by atoms with Crippen LogP contribution in [0.4, 0.5) is 5.82 Å². The van der Waals surface area contributed by atoms with Crippen molar-refractivity contribution in [3.63, 3.8) is 0 Å². The first-order valence-corrected chi connectivity index (χ1v) is 6.39. The van der Waals surface area contributed by atoms with Crippen LogP contribution in [0.15, 0.2) is 16.6 Å². The molecule has 0 aliphatic heterocycles. The van der Waals surface area contributed by atoms with E-state index in [-0.39, 0.29) is 0 Å². The molecule has 2 N–H and O–H groups in total. The maximum absolute atomic E-state index is 5.81. The van der Waals surface area contributed by atoms with Crippen molar-refractivity contribution < 1.29 is 4.74 Å². The summed E-state index contributed by atoms with van der Waals surface area (Å²) in [6.45, 7) is 2.65. The zero-order valence-electron chi connectivity index (χ0n) is 8.27. The maximum Gasteiger partial charge on any atom is 0.193 e. The number of aromatic nitrogens is 2. The molecule has 0 aliphatic carbocycles. The molecule has 4 nitrogen and oxygen atoms in total. The average molecular weight is 241 g/mol. The highest BCUT2D eigenvalue weighted by Crippen LogP contribution is 2.26. The molecule has 15 heavy (non-hydrogen) atoms. The molecule has 2 rings (SSSR count). The second-order valence-electron chi connectivity index (χ2n) is 2.79. The first-order valence-electron chi connectivity index (χ1n) is 4.52. The van der Waals surface area contributed by atoms with E-state index in [1.807, 2.05) is 18.4 Å². The van der Waals surface area contributed by atoms with E-state index in [4.69, 9.17) is 10.5 Å². The van der Waals surface area contributed by atoms with Crippen LogP contribution >= 0.6 is 23.1 Å². The smallest absolute Gasteiger partial charge is 0.193 e. The summed E-state index contributed by atoms with van der Waals surface area (Å²) in [5.41, 5.74) is 5.81. The quantitative estimate of drug-likeness (QED) is 0.385. The lowest BCUT2D eigenvalue weighted by molar-refractivity contribution is 0.199. The molecule has 0 atom stereocenters. The summed E-state index contributed by atoms with van der Waals surface area (Å²) in [4.78, 5) is 9.51. The van der Waals surface area contributed by atoms with E-state index in [1.165, 1.54) is 11.8 Å². The number of nitrogens with two attached hydrogens (primary N) is 1. The first kappa shape index (κ1) is 10.7. The number of hydrogen-bond acceptors (Lipinski definition) is 6. The van der Waals surface area contributed by atoms with Gasteiger partial charge in [-0.3, -0.25) is 0 Å². The Morgan fingerprint density at radius 1 is 1.53 bits per heavy atom. The Balaban J connectivity index is 2.21. The molecule has 0 saturated heterocycles. The van der Waals surface area contributed by atoms with E-state index < -0.39 is 0 Å². The Morgan fingerprint density at radius 2 is 2.40 bits per heavy atom. The summed E-state index contributed by atoms with van der Waals surface area (Å²) in [6.07, 6.45) is 0. The molecule has 0 unspecified atom stereocenters. The van der Waals surface area contributed by atoms with Crippen LogP contribution in [0.1, 0.15) is 6.92 Å². The highest BCUT2D eigenvalue weighted by atomic mass is 32.2. The Labute approximate surface area is 95.9 Å². The predicted molar refractivity (Wildman–Crippen MR) is 64.2 cm³/mol. The van der Waals surface area contributed by atoms with E-state index in [9.17, 15) is 0 Å². The fourth-order valence-corrected chi connectivity index (χ4v) is 2.60. The van der Waals surface area contributed by atoms with Crippen LogP contribution in [0.5, 0.6) is 0 Å². The normalized spacial score (nSPS) is 11.0. The van der Waals surface area contributed by atoms with Gasteiger partial charge >= 0.3 is 0 Å². The number of anilines is 1. The van der Waals surface area contributed by atoms with Gasteiger partial charge < -0.3 is 10.5 Å². The molecule has 0 aliphatic rings. The number of fused-ring (bicyclic) bond motifs is 1. The molecule has 2 aromatic rings. The largest absolute Gasteiger partial charge is 0.383 e. The van der Waals surface area contributed by atoms with Crippen molar-refractivity contribution >= 4 is 39.1 Å². The molecule has 2 aromatic heterocycles. The number of rotatable bonds is 4. The second kappa shape index (κ2) is 4.78. The molecule has 0 amide bonds. The van der Waals surface area contributed by atoms with Crippen LogP contribution in [0.2, 0.25) is 0 Å². The fourth-order valence-electron chi connectivity index (χ4n) is 1.10. The summed E-state index contributed by atoms with van der Waals surface area (Å²) in [7, 11) is 0. The van der Waals surface area contributed by atoms with E-state index in [2.05, 4.69) is 9.97 Å². The van der Waals surface area contributed by atoms with Crippen molar-refractivity contribution in [3.8, 4) is 0 Å². The third kappa shape index (κ3) is 2.39. The molecule has 0 fully saturated rings. The van der Waals surface area contributed by atoms with Gasteiger partial charge in [-0.25, -0.2) is 9.97 Å². The maximum atomic E-state index is 5.81. The Morgan fingerprint density at radius 3 is 3.20 bits per heavy atom. The highest BCUT2D eigenvalue weighted by Gasteiger charge is 2.06. The lowest BCUT2D eigenvalue weighted by atomic mass is 10.4. The van der Waals surface area contributed by atoms with Crippen LogP contribution < -0.4 is 5.73 Å². The van der Waals surface area contributed by atoms with Crippen LogP contribution in [0.25, 0.3) is 10.2 Å². The van der Waals surface area contributed by atoms with Crippen molar-refractivity contribution in [1.29, 1.82) is 0 Å². The van der Waals surface area contributed by atoms with Crippen molar-refractivity contribution in [1.82, 2.24) is 9.97 Å². The zero-order chi connectivity index (χ0) is 10.7. The zero-order valence-corrected chi connectivity index (χ0v) is 9.90. The van der Waals surface area contributed by atoms with Crippen molar-refractivity contribution in [2.24, 2.45) is 0 Å². The lowest BCUT2D eigenvalue weighted by Gasteiger charge is -2.01. The fraction of sp³-hybridized carbons (Fsp3) is 0.333. The van der Waals surface area contributed by atoms with Gasteiger partial charge in [-0.15, -0.1) is 11.3 Å². The minimum atomic E-state index is 0.542. The van der Waals surface area contributed by atoms with E-state index >= 15 is 0 Å². The summed E-state index contributed by atoms with van der Waals surface area (Å²) < 4.78 is 5.22. The van der Waals surface area contributed by atoms with Crippen LogP contribution in [0.3, 0.4) is 0 Å². The highest BCUT2D eigenvalue weighted by molar-refractivity contribution is 7.99. The molecule has 0 bridgehead atoms. The Bertz CT molecular complexity index is 458. The predicted octanol–water partition coefficient (Wildman–Crippen LogP) is 2.36. The molecule has 80 valence electrons. The van der Waals surface area contributed by atoms with Crippen LogP contribution in [0, 0.1) is 0 Å². The summed E-state index contributed by atoms with van der Waals surface area (Å²) in [5.74, 6) is 1.10. The lowest BCUT2D eigenvalue weighted by Crippen LogP contribution is -1.96. The molecule has 0 aromatic carbocycles. The Kier molecular flexibility index (Phi) is 3.40. The van der Waals surface area contributed by atoms with Crippen molar-refractivity contribution in [2.45, 2.75) is 12.1 Å². The van der Waals surface area contributed by atoms with E-state index in [0.29, 0.717) is 23.5 Å². The monoisotopic (exact) mass is 241 g/mol. The van der Waals surface area contributed by atoms with Gasteiger partial charge in [0.05, 0.1) is 11.3 Å². The average Bonchev–Trinajstić information content (AvgIpc) is 2.66. The van der Waals surface area contributed by atoms with Gasteiger partial charge in [0.25, 0.3) is 0 Å². The van der Waals surface area contributed by atoms with Crippen LogP contribution in [-0.4, -0.2) is 22.5 Å². The van der Waals surface area contributed by atoms with Gasteiger partial charge in [0.1, 0.15) is 10.6 Å². The molecular formula is C9H11N3OS2. The number of hydrogen-bond donors (Lipinski definition) is 1. The standard InChI is InChI=1S/C9H11N3OS2/c1-2-13-5-15-9-11-7(10)6-3-4-14-8(6)12-9/h3-4H,2,5H2,1H3,(H2,10,11,12). The summed E-state index contributed by atoms with van der Waals surface area (Å²) in [5, 5.41) is 3.57. The number of ether oxygens (including phenoxy) is 1. The summed E-state index contributed by atoms with van der Waals surface area (Å²) >= 11 is 3.03. The van der Waals surface area contributed by atoms with E-state index in [1.54, 1.807) is 11.3 Å². The van der Waals surface area contributed by atoms with Gasteiger partial charge in [-0.2, -0.15) is 0 Å². The third-order valence-corrected chi connectivity index (χ3v) is 3.34. The molecule has 0 saturated carbocycles. The molecular weight excluding hydrogens is 230 g/mol. The summed E-state index contributed by atoms with van der Waals surface area (Å²) in [6, 6.07) is 1.94. The van der Waals surface area contributed by atoms with Crippen LogP contribution in [-0.2, 0) is 4.74 Å². The third-order valence-electron chi connectivity index (χ3n) is 1.81. The number of thioether (sulfide) groups is 1. The first-order chi connectivity index (χ1) is 7.31. The Hall–Kier alpha value is -0.850. The second-order valence-corrected chi connectivity index (χ2v) is 4.57. The SMILES string of the molecule is CCOCSc1nc(N)c2ccsc2n1. The topological polar surface area (TPSA) is 61.0 Å². The van der Waals surface area contributed by atoms with Crippen molar-refractivity contribution in [2.75, 3.05) is 18.3 Å². The molecule has 0 spiro atoms. The van der Waals surface area contributed by atoms with E-state index in [0.717, 1.165) is 10.2 Å². The number of nitrogen functional groups attached to an aromatic ring is 1. The molecule has 2 heterocycles. The van der Waals surface area contributed by atoms with Gasteiger partial charge in [0.15, 0.2) is 5.16 Å².